The second kappa shape index (κ2) is 4.73. The standard InChI is InChI=1S/C7H11NO2/c1-3-5-6-7(4-2)8(9)10/h3-5H,6H2,1-2H3/b5-3-,7-4+. The van der Waals surface area contributed by atoms with Crippen LogP contribution in [-0.2, 0) is 0 Å². The Bertz CT molecular complexity index is 170. The molecule has 0 atom stereocenters. The molecule has 0 saturated heterocycles. The number of nitro groups is 1. The lowest BCUT2D eigenvalue weighted by molar-refractivity contribution is -0.426. The summed E-state index contributed by atoms with van der Waals surface area (Å²) in [6.45, 7) is 3.51. The van der Waals surface area contributed by atoms with Crippen molar-refractivity contribution in [1.82, 2.24) is 0 Å². The summed E-state index contributed by atoms with van der Waals surface area (Å²) in [5.41, 5.74) is 0.248. The van der Waals surface area contributed by atoms with Crippen LogP contribution in [0.15, 0.2) is 23.9 Å². The quantitative estimate of drug-likeness (QED) is 0.343. The van der Waals surface area contributed by atoms with Crippen LogP contribution in [0.4, 0.5) is 0 Å². The zero-order valence-electron chi connectivity index (χ0n) is 6.20. The first kappa shape index (κ1) is 8.88. The molecule has 0 aliphatic rings. The second-order valence-electron chi connectivity index (χ2n) is 1.81. The largest absolute Gasteiger partial charge is 0.259 e. The molecule has 0 aliphatic heterocycles. The highest BCUT2D eigenvalue weighted by molar-refractivity contribution is 4.97. The van der Waals surface area contributed by atoms with Crippen LogP contribution in [0.25, 0.3) is 0 Å². The fourth-order valence-corrected chi connectivity index (χ4v) is 0.536. The minimum atomic E-state index is -0.361. The number of allylic oxidation sites excluding steroid dienone is 3. The summed E-state index contributed by atoms with van der Waals surface area (Å²) < 4.78 is 0. The predicted octanol–water partition coefficient (Wildman–Crippen LogP) is 2.13. The van der Waals surface area contributed by atoms with Gasteiger partial charge in [0.15, 0.2) is 0 Å². The number of nitrogens with zero attached hydrogens (tertiary/aromatic N) is 1. The van der Waals surface area contributed by atoms with Crippen molar-refractivity contribution in [2.24, 2.45) is 0 Å². The van der Waals surface area contributed by atoms with E-state index < -0.39 is 0 Å². The molecule has 0 saturated carbocycles. The van der Waals surface area contributed by atoms with E-state index in [-0.39, 0.29) is 10.6 Å². The van der Waals surface area contributed by atoms with E-state index in [4.69, 9.17) is 0 Å². The van der Waals surface area contributed by atoms with E-state index in [1.165, 1.54) is 6.08 Å². The molecule has 0 radical (unpaired) electrons. The summed E-state index contributed by atoms with van der Waals surface area (Å²) in [6.07, 6.45) is 5.49. The van der Waals surface area contributed by atoms with Gasteiger partial charge in [0.1, 0.15) is 0 Å². The van der Waals surface area contributed by atoms with Crippen LogP contribution in [0.5, 0.6) is 0 Å². The van der Waals surface area contributed by atoms with Crippen molar-refractivity contribution < 1.29 is 4.92 Å². The van der Waals surface area contributed by atoms with Crippen LogP contribution in [0.1, 0.15) is 20.3 Å². The molecule has 0 heterocycles. The van der Waals surface area contributed by atoms with Crippen LogP contribution in [0, 0.1) is 10.1 Å². The third-order valence-corrected chi connectivity index (χ3v) is 1.13. The molecule has 0 aliphatic carbocycles. The molecule has 3 heteroatoms. The Hall–Kier alpha value is -1.12. The predicted molar refractivity (Wildman–Crippen MR) is 40.2 cm³/mol. The fourth-order valence-electron chi connectivity index (χ4n) is 0.536. The Labute approximate surface area is 60.2 Å². The highest BCUT2D eigenvalue weighted by atomic mass is 16.6. The Morgan fingerprint density at radius 1 is 1.60 bits per heavy atom. The molecular weight excluding hydrogens is 130 g/mol. The SMILES string of the molecule is C/C=C\C/C(=C\C)[N+](=O)[O-]. The van der Waals surface area contributed by atoms with E-state index in [1.807, 2.05) is 6.92 Å². The van der Waals surface area contributed by atoms with Gasteiger partial charge in [0.25, 0.3) is 0 Å². The Morgan fingerprint density at radius 2 is 2.20 bits per heavy atom. The summed E-state index contributed by atoms with van der Waals surface area (Å²) in [6, 6.07) is 0. The van der Waals surface area contributed by atoms with Gasteiger partial charge in [0.05, 0.1) is 11.3 Å². The minimum Gasteiger partial charge on any atom is -0.259 e. The van der Waals surface area contributed by atoms with E-state index in [2.05, 4.69) is 0 Å². The summed E-state index contributed by atoms with van der Waals surface area (Å²) >= 11 is 0. The molecule has 0 fully saturated rings. The van der Waals surface area contributed by atoms with Crippen molar-refractivity contribution in [1.29, 1.82) is 0 Å². The number of hydrogen-bond donors (Lipinski definition) is 0. The molecule has 0 aromatic carbocycles. The summed E-state index contributed by atoms with van der Waals surface area (Å²) in [5, 5.41) is 10.1. The lowest BCUT2D eigenvalue weighted by Gasteiger charge is -1.89. The van der Waals surface area contributed by atoms with E-state index >= 15 is 0 Å². The smallest absolute Gasteiger partial charge is 0.245 e. The zero-order chi connectivity index (χ0) is 7.98. The van der Waals surface area contributed by atoms with Gasteiger partial charge in [0.2, 0.25) is 5.70 Å². The Morgan fingerprint density at radius 3 is 2.50 bits per heavy atom. The molecule has 0 bridgehead atoms. The van der Waals surface area contributed by atoms with E-state index in [9.17, 15) is 10.1 Å². The van der Waals surface area contributed by atoms with Crippen LogP contribution >= 0.6 is 0 Å². The highest BCUT2D eigenvalue weighted by Crippen LogP contribution is 2.01. The molecule has 0 amide bonds. The van der Waals surface area contributed by atoms with Crippen molar-refractivity contribution in [3.8, 4) is 0 Å². The topological polar surface area (TPSA) is 43.1 Å². The molecule has 0 rings (SSSR count). The average molecular weight is 141 g/mol. The monoisotopic (exact) mass is 141 g/mol. The maximum atomic E-state index is 10.1. The molecule has 0 aromatic rings. The average Bonchev–Trinajstić information content (AvgIpc) is 1.89. The lowest BCUT2D eigenvalue weighted by atomic mass is 10.3. The Kier molecular flexibility index (Phi) is 4.20. The van der Waals surface area contributed by atoms with Crippen molar-refractivity contribution in [3.63, 3.8) is 0 Å². The molecule has 56 valence electrons. The van der Waals surface area contributed by atoms with Gasteiger partial charge < -0.3 is 0 Å². The molecule has 0 unspecified atom stereocenters. The van der Waals surface area contributed by atoms with Gasteiger partial charge in [-0.25, -0.2) is 0 Å². The summed E-state index contributed by atoms with van der Waals surface area (Å²) in [4.78, 5) is 9.78. The summed E-state index contributed by atoms with van der Waals surface area (Å²) in [7, 11) is 0. The van der Waals surface area contributed by atoms with Gasteiger partial charge in [-0.05, 0) is 19.9 Å². The maximum Gasteiger partial charge on any atom is 0.245 e. The minimum absolute atomic E-state index is 0.248. The van der Waals surface area contributed by atoms with Gasteiger partial charge in [-0.3, -0.25) is 10.1 Å². The van der Waals surface area contributed by atoms with Crippen molar-refractivity contribution in [2.75, 3.05) is 0 Å². The van der Waals surface area contributed by atoms with E-state index in [0.717, 1.165) is 0 Å². The van der Waals surface area contributed by atoms with Crippen molar-refractivity contribution in [3.05, 3.63) is 34.0 Å². The Balaban J connectivity index is 3.99. The molecule has 0 N–H and O–H groups in total. The molecule has 3 nitrogen and oxygen atoms in total. The number of rotatable bonds is 3. The normalized spacial score (nSPS) is 12.4. The van der Waals surface area contributed by atoms with Gasteiger partial charge >= 0.3 is 0 Å². The van der Waals surface area contributed by atoms with Gasteiger partial charge in [-0.15, -0.1) is 0 Å². The third-order valence-electron chi connectivity index (χ3n) is 1.13. The van der Waals surface area contributed by atoms with Crippen molar-refractivity contribution >= 4 is 0 Å². The first-order chi connectivity index (χ1) is 4.72. The second-order valence-corrected chi connectivity index (χ2v) is 1.81. The highest BCUT2D eigenvalue weighted by Gasteiger charge is 2.03. The first-order valence-corrected chi connectivity index (χ1v) is 3.13. The van der Waals surface area contributed by atoms with Gasteiger partial charge in [-0.2, -0.15) is 0 Å². The van der Waals surface area contributed by atoms with Crippen LogP contribution < -0.4 is 0 Å². The molecule has 10 heavy (non-hydrogen) atoms. The first-order valence-electron chi connectivity index (χ1n) is 3.13. The van der Waals surface area contributed by atoms with Crippen LogP contribution in [-0.4, -0.2) is 4.92 Å². The molecular formula is C7H11NO2. The maximum absolute atomic E-state index is 10.1. The molecule has 0 spiro atoms. The fraction of sp³-hybridized carbons (Fsp3) is 0.429. The summed E-state index contributed by atoms with van der Waals surface area (Å²) in [5.74, 6) is 0. The van der Waals surface area contributed by atoms with Crippen LogP contribution in [0.2, 0.25) is 0 Å². The van der Waals surface area contributed by atoms with Gasteiger partial charge in [0, 0.05) is 0 Å². The lowest BCUT2D eigenvalue weighted by Crippen LogP contribution is -1.96. The van der Waals surface area contributed by atoms with E-state index in [1.54, 1.807) is 19.1 Å². The van der Waals surface area contributed by atoms with Crippen molar-refractivity contribution in [2.45, 2.75) is 20.3 Å². The third kappa shape index (κ3) is 3.02. The zero-order valence-corrected chi connectivity index (χ0v) is 6.20. The van der Waals surface area contributed by atoms with E-state index in [0.29, 0.717) is 6.42 Å². The van der Waals surface area contributed by atoms with Gasteiger partial charge in [-0.1, -0.05) is 12.2 Å². The number of hydrogen-bond acceptors (Lipinski definition) is 2. The van der Waals surface area contributed by atoms with Crippen LogP contribution in [0.3, 0.4) is 0 Å². The molecule has 0 aromatic heterocycles.